The highest BCUT2D eigenvalue weighted by Gasteiger charge is 2.51. The predicted octanol–water partition coefficient (Wildman–Crippen LogP) is 2.65. The molecule has 3 fully saturated rings. The van der Waals surface area contributed by atoms with Gasteiger partial charge in [-0.1, -0.05) is 26.8 Å². The third-order valence-corrected chi connectivity index (χ3v) is 7.00. The van der Waals surface area contributed by atoms with Gasteiger partial charge in [-0.2, -0.15) is 0 Å². The van der Waals surface area contributed by atoms with Crippen molar-refractivity contribution in [3.63, 3.8) is 0 Å². The summed E-state index contributed by atoms with van der Waals surface area (Å²) in [5.41, 5.74) is 1.12. The third kappa shape index (κ3) is 3.62. The Kier molecular flexibility index (Phi) is 4.46. The van der Waals surface area contributed by atoms with Crippen LogP contribution in [0.25, 0.3) is 0 Å². The van der Waals surface area contributed by atoms with E-state index in [4.69, 9.17) is 9.47 Å². The summed E-state index contributed by atoms with van der Waals surface area (Å²) in [7, 11) is 0. The van der Waals surface area contributed by atoms with Gasteiger partial charge in [-0.3, -0.25) is 14.5 Å². The lowest BCUT2D eigenvalue weighted by molar-refractivity contribution is -0.136. The van der Waals surface area contributed by atoms with Crippen LogP contribution in [0.5, 0.6) is 11.5 Å². The number of carbonyl (C=O) groups is 3. The highest BCUT2D eigenvalue weighted by molar-refractivity contribution is 6.05. The van der Waals surface area contributed by atoms with Crippen LogP contribution in [-0.2, 0) is 16.1 Å². The van der Waals surface area contributed by atoms with Crippen LogP contribution in [0.15, 0.2) is 18.2 Å². The number of urea groups is 1. The summed E-state index contributed by atoms with van der Waals surface area (Å²) in [6.07, 6.45) is 3.11. The van der Waals surface area contributed by atoms with Gasteiger partial charge in [0.2, 0.25) is 12.7 Å². The van der Waals surface area contributed by atoms with Crippen LogP contribution in [0.4, 0.5) is 4.79 Å². The zero-order valence-corrected chi connectivity index (χ0v) is 18.3. The van der Waals surface area contributed by atoms with Crippen molar-refractivity contribution in [3.8, 4) is 11.5 Å². The second kappa shape index (κ2) is 6.87. The first kappa shape index (κ1) is 20.2. The van der Waals surface area contributed by atoms with E-state index in [9.17, 15) is 14.4 Å². The smallest absolute Gasteiger partial charge is 0.325 e. The van der Waals surface area contributed by atoms with Crippen molar-refractivity contribution >= 4 is 17.8 Å². The molecular weight excluding hydrogens is 398 g/mol. The first-order valence-electron chi connectivity index (χ1n) is 10.9. The van der Waals surface area contributed by atoms with Crippen molar-refractivity contribution in [1.82, 2.24) is 15.1 Å². The number of carbonyl (C=O) groups excluding carboxylic acids is 3. The van der Waals surface area contributed by atoms with E-state index in [-0.39, 0.29) is 48.4 Å². The van der Waals surface area contributed by atoms with Gasteiger partial charge in [-0.05, 0) is 47.8 Å². The molecule has 1 aromatic carbocycles. The van der Waals surface area contributed by atoms with E-state index >= 15 is 0 Å². The van der Waals surface area contributed by atoms with E-state index in [2.05, 4.69) is 26.1 Å². The monoisotopic (exact) mass is 427 g/mol. The number of ether oxygens (including phenoxy) is 2. The number of nitrogens with zero attached hydrogens (tertiary/aromatic N) is 2. The van der Waals surface area contributed by atoms with Crippen molar-refractivity contribution in [2.45, 2.75) is 65.1 Å². The molecule has 31 heavy (non-hydrogen) atoms. The topological polar surface area (TPSA) is 88.2 Å². The van der Waals surface area contributed by atoms with Gasteiger partial charge >= 0.3 is 6.03 Å². The molecule has 1 saturated carbocycles. The van der Waals surface area contributed by atoms with Crippen molar-refractivity contribution in [1.29, 1.82) is 0 Å². The molecule has 0 radical (unpaired) electrons. The number of benzene rings is 1. The second-order valence-electron chi connectivity index (χ2n) is 10.6. The Bertz CT molecular complexity index is 961. The zero-order chi connectivity index (χ0) is 22.0. The minimum Gasteiger partial charge on any atom is -0.454 e. The third-order valence-electron chi connectivity index (χ3n) is 7.00. The molecule has 8 heteroatoms. The molecule has 8 nitrogen and oxygen atoms in total. The Morgan fingerprint density at radius 1 is 1.16 bits per heavy atom. The Morgan fingerprint density at radius 2 is 1.94 bits per heavy atom. The summed E-state index contributed by atoms with van der Waals surface area (Å²) in [6.45, 7) is 7.81. The molecule has 0 spiro atoms. The summed E-state index contributed by atoms with van der Waals surface area (Å²) in [5.74, 6) is 0.852. The summed E-state index contributed by atoms with van der Waals surface area (Å²) >= 11 is 0. The van der Waals surface area contributed by atoms with Gasteiger partial charge < -0.3 is 19.7 Å². The van der Waals surface area contributed by atoms with Gasteiger partial charge in [0.15, 0.2) is 11.5 Å². The van der Waals surface area contributed by atoms with E-state index in [1.807, 2.05) is 4.90 Å². The fourth-order valence-corrected chi connectivity index (χ4v) is 6.13. The minimum absolute atomic E-state index is 0.00915. The first-order chi connectivity index (χ1) is 14.6. The Morgan fingerprint density at radius 3 is 2.74 bits per heavy atom. The van der Waals surface area contributed by atoms with Crippen LogP contribution in [-0.4, -0.2) is 53.1 Å². The average molecular weight is 428 g/mol. The molecule has 4 amide bonds. The maximum atomic E-state index is 13.1. The molecule has 2 unspecified atom stereocenters. The van der Waals surface area contributed by atoms with Crippen molar-refractivity contribution in [2.75, 3.05) is 13.3 Å². The number of hydrogen-bond donors (Lipinski definition) is 1. The SMILES string of the molecule is CC1(C)CC2CC(C)(CN2C(=O)C[C@@H]2NC(=O)N(Cc3ccc4c(c3)OCO4)C2=O)C1. The molecule has 4 aliphatic rings. The molecule has 3 aliphatic heterocycles. The molecule has 3 atom stereocenters. The Hall–Kier alpha value is -2.77. The average Bonchev–Trinajstić information content (AvgIpc) is 3.31. The quantitative estimate of drug-likeness (QED) is 0.747. The Labute approximate surface area is 181 Å². The van der Waals surface area contributed by atoms with Gasteiger partial charge in [0.25, 0.3) is 5.91 Å². The Balaban J connectivity index is 1.24. The van der Waals surface area contributed by atoms with E-state index in [0.717, 1.165) is 31.4 Å². The van der Waals surface area contributed by atoms with Crippen LogP contribution >= 0.6 is 0 Å². The van der Waals surface area contributed by atoms with E-state index in [1.165, 1.54) is 4.90 Å². The lowest BCUT2D eigenvalue weighted by Gasteiger charge is -2.39. The van der Waals surface area contributed by atoms with Crippen LogP contribution in [0, 0.1) is 10.8 Å². The molecule has 3 heterocycles. The fraction of sp³-hybridized carbons (Fsp3) is 0.609. The lowest BCUT2D eigenvalue weighted by Crippen LogP contribution is -2.42. The summed E-state index contributed by atoms with van der Waals surface area (Å²) in [5, 5.41) is 2.70. The number of amides is 4. The summed E-state index contributed by atoms with van der Waals surface area (Å²) in [6, 6.07) is 4.29. The standard InChI is InChI=1S/C23H29N3O5/c1-22(2)8-15-9-23(3,11-22)12-26(15)19(27)7-16-20(28)25(21(29)24-16)10-14-4-5-17-18(6-14)31-13-30-17/h4-6,15-16H,7-13H2,1-3H3,(H,24,29)/t15?,16-,23?/m0/s1. The highest BCUT2D eigenvalue weighted by Crippen LogP contribution is 2.52. The summed E-state index contributed by atoms with van der Waals surface area (Å²) in [4.78, 5) is 41.6. The number of rotatable bonds is 4. The van der Waals surface area contributed by atoms with Crippen LogP contribution in [0.1, 0.15) is 52.0 Å². The van der Waals surface area contributed by atoms with Crippen molar-refractivity contribution in [2.24, 2.45) is 10.8 Å². The molecule has 5 rings (SSSR count). The van der Waals surface area contributed by atoms with E-state index in [1.54, 1.807) is 18.2 Å². The molecule has 0 aromatic heterocycles. The lowest BCUT2D eigenvalue weighted by atomic mass is 9.65. The maximum Gasteiger partial charge on any atom is 0.325 e. The summed E-state index contributed by atoms with van der Waals surface area (Å²) < 4.78 is 10.7. The zero-order valence-electron chi connectivity index (χ0n) is 18.3. The maximum absolute atomic E-state index is 13.1. The molecule has 1 aliphatic carbocycles. The van der Waals surface area contributed by atoms with Gasteiger partial charge in [0, 0.05) is 12.6 Å². The fourth-order valence-electron chi connectivity index (χ4n) is 6.13. The number of fused-ring (bicyclic) bond motifs is 3. The number of hydrogen-bond acceptors (Lipinski definition) is 5. The van der Waals surface area contributed by atoms with Crippen LogP contribution < -0.4 is 14.8 Å². The number of likely N-dealkylation sites (tertiary alicyclic amines) is 1. The molecule has 1 aromatic rings. The molecule has 166 valence electrons. The molecule has 2 saturated heterocycles. The second-order valence-corrected chi connectivity index (χ2v) is 10.6. The van der Waals surface area contributed by atoms with Gasteiger partial charge in [0.1, 0.15) is 6.04 Å². The molecular formula is C23H29N3O5. The first-order valence-corrected chi connectivity index (χ1v) is 10.9. The van der Waals surface area contributed by atoms with Crippen LogP contribution in [0.2, 0.25) is 0 Å². The highest BCUT2D eigenvalue weighted by atomic mass is 16.7. The van der Waals surface area contributed by atoms with E-state index < -0.39 is 12.1 Å². The number of nitrogens with one attached hydrogen (secondary N) is 1. The minimum atomic E-state index is -0.810. The van der Waals surface area contributed by atoms with Gasteiger partial charge in [-0.25, -0.2) is 4.79 Å². The van der Waals surface area contributed by atoms with Crippen LogP contribution in [0.3, 0.4) is 0 Å². The van der Waals surface area contributed by atoms with E-state index in [0.29, 0.717) is 11.5 Å². The normalized spacial score (nSPS) is 30.7. The van der Waals surface area contributed by atoms with Crippen molar-refractivity contribution < 1.29 is 23.9 Å². The number of imide groups is 1. The molecule has 2 bridgehead atoms. The van der Waals surface area contributed by atoms with Gasteiger partial charge in [-0.15, -0.1) is 0 Å². The van der Waals surface area contributed by atoms with Gasteiger partial charge in [0.05, 0.1) is 13.0 Å². The van der Waals surface area contributed by atoms with Crippen molar-refractivity contribution in [3.05, 3.63) is 23.8 Å². The predicted molar refractivity (Wildman–Crippen MR) is 111 cm³/mol. The largest absolute Gasteiger partial charge is 0.454 e. The molecule has 1 N–H and O–H groups in total.